The van der Waals surface area contributed by atoms with Gasteiger partial charge in [0.25, 0.3) is 0 Å². The maximum absolute atomic E-state index is 13.0. The molecule has 1 amide bonds. The quantitative estimate of drug-likeness (QED) is 0.208. The van der Waals surface area contributed by atoms with Gasteiger partial charge in [0.2, 0.25) is 5.91 Å². The fraction of sp³-hybridized carbons (Fsp3) is 0.235. The second-order valence-corrected chi connectivity index (χ2v) is 9.96. The third kappa shape index (κ3) is 6.24. The third-order valence-electron chi connectivity index (χ3n) is 7.20. The number of benzene rings is 4. The second-order valence-electron chi connectivity index (χ2n) is 9.96. The Morgan fingerprint density at radius 1 is 0.775 bits per heavy atom. The number of nitrogens with zero attached hydrogens (tertiary/aromatic N) is 2. The molecular weight excluding hydrogens is 498 g/mol. The van der Waals surface area contributed by atoms with Crippen LogP contribution in [0.5, 0.6) is 11.5 Å². The van der Waals surface area contributed by atoms with Crippen LogP contribution in [0, 0.1) is 0 Å². The van der Waals surface area contributed by atoms with E-state index in [1.54, 1.807) is 14.2 Å². The van der Waals surface area contributed by atoms with Crippen LogP contribution in [0.2, 0.25) is 0 Å². The SMILES string of the molecule is CCC(=Nc1ccc(CN(Cc2ccccc2)Cc2ccccc2)cc1)C1C(=O)Nc2cc(OC)c(OC)cc21. The number of aliphatic imine (C=N–C) groups is 1. The summed E-state index contributed by atoms with van der Waals surface area (Å²) in [5.74, 6) is 0.631. The Morgan fingerprint density at radius 3 is 1.82 bits per heavy atom. The highest BCUT2D eigenvalue weighted by molar-refractivity contribution is 6.19. The minimum atomic E-state index is -0.466. The topological polar surface area (TPSA) is 63.2 Å². The lowest BCUT2D eigenvalue weighted by atomic mass is 9.93. The van der Waals surface area contributed by atoms with Gasteiger partial charge in [-0.2, -0.15) is 0 Å². The van der Waals surface area contributed by atoms with Gasteiger partial charge in [0, 0.05) is 37.1 Å². The Morgan fingerprint density at radius 2 is 1.30 bits per heavy atom. The number of nitrogens with one attached hydrogen (secondary N) is 1. The largest absolute Gasteiger partial charge is 0.493 e. The minimum absolute atomic E-state index is 0.0833. The van der Waals surface area contributed by atoms with Crippen molar-refractivity contribution >= 4 is 23.0 Å². The van der Waals surface area contributed by atoms with Gasteiger partial charge in [0.1, 0.15) is 5.92 Å². The van der Waals surface area contributed by atoms with Crippen LogP contribution < -0.4 is 14.8 Å². The van der Waals surface area contributed by atoms with Crippen molar-refractivity contribution in [3.63, 3.8) is 0 Å². The fourth-order valence-electron chi connectivity index (χ4n) is 5.22. The fourth-order valence-corrected chi connectivity index (χ4v) is 5.22. The summed E-state index contributed by atoms with van der Waals surface area (Å²) in [5, 5.41) is 2.98. The first-order valence-electron chi connectivity index (χ1n) is 13.6. The van der Waals surface area contributed by atoms with Gasteiger partial charge < -0.3 is 14.8 Å². The van der Waals surface area contributed by atoms with Crippen molar-refractivity contribution in [1.82, 2.24) is 4.90 Å². The highest BCUT2D eigenvalue weighted by Gasteiger charge is 2.35. The van der Waals surface area contributed by atoms with E-state index < -0.39 is 5.92 Å². The smallest absolute Gasteiger partial charge is 0.237 e. The molecule has 4 aromatic carbocycles. The third-order valence-corrected chi connectivity index (χ3v) is 7.20. The Hall–Kier alpha value is -4.42. The van der Waals surface area contributed by atoms with Crippen LogP contribution in [0.4, 0.5) is 11.4 Å². The van der Waals surface area contributed by atoms with Gasteiger partial charge in [-0.3, -0.25) is 14.7 Å². The Balaban J connectivity index is 1.36. The van der Waals surface area contributed by atoms with Crippen molar-refractivity contribution in [1.29, 1.82) is 0 Å². The van der Waals surface area contributed by atoms with E-state index in [1.807, 2.05) is 31.2 Å². The van der Waals surface area contributed by atoms with Crippen LogP contribution in [0.3, 0.4) is 0 Å². The maximum Gasteiger partial charge on any atom is 0.237 e. The number of anilines is 1. The Bertz CT molecular complexity index is 1430. The van der Waals surface area contributed by atoms with Gasteiger partial charge in [-0.25, -0.2) is 0 Å². The van der Waals surface area contributed by atoms with Crippen molar-refractivity contribution in [3.8, 4) is 11.5 Å². The molecule has 1 aliphatic rings. The van der Waals surface area contributed by atoms with E-state index in [2.05, 4.69) is 83.0 Å². The van der Waals surface area contributed by atoms with E-state index >= 15 is 0 Å². The van der Waals surface area contributed by atoms with Gasteiger partial charge in [0.15, 0.2) is 11.5 Å². The van der Waals surface area contributed by atoms with Crippen LogP contribution >= 0.6 is 0 Å². The number of hydrogen-bond donors (Lipinski definition) is 1. The molecule has 0 bridgehead atoms. The van der Waals surface area contributed by atoms with Crippen molar-refractivity contribution in [2.45, 2.75) is 38.9 Å². The summed E-state index contributed by atoms with van der Waals surface area (Å²) < 4.78 is 10.9. The highest BCUT2D eigenvalue weighted by Crippen LogP contribution is 2.42. The lowest BCUT2D eigenvalue weighted by Gasteiger charge is -2.23. The number of carbonyl (C=O) groups is 1. The molecule has 1 N–H and O–H groups in total. The number of carbonyl (C=O) groups excluding carboxylic acids is 1. The molecule has 1 aliphatic heterocycles. The average molecular weight is 534 g/mol. The highest BCUT2D eigenvalue weighted by atomic mass is 16.5. The molecule has 204 valence electrons. The van der Waals surface area contributed by atoms with E-state index in [-0.39, 0.29) is 5.91 Å². The summed E-state index contributed by atoms with van der Waals surface area (Å²) in [6.45, 7) is 4.57. The van der Waals surface area contributed by atoms with Crippen LogP contribution in [-0.4, -0.2) is 30.7 Å². The summed E-state index contributed by atoms with van der Waals surface area (Å²) in [7, 11) is 3.18. The molecule has 0 fully saturated rings. The molecular formula is C34H35N3O3. The molecule has 0 radical (unpaired) electrons. The summed E-state index contributed by atoms with van der Waals surface area (Å²) in [5.41, 5.74) is 7.03. The standard InChI is InChI=1S/C34H35N3O3/c1-4-29(33-28-19-31(39-2)32(40-3)20-30(28)36-34(33)38)35-27-17-15-26(16-18-27)23-37(21-24-11-7-5-8-12-24)22-25-13-9-6-10-14-25/h5-20,33H,4,21-23H2,1-3H3,(H,36,38). The van der Waals surface area contributed by atoms with Crippen LogP contribution in [0.25, 0.3) is 0 Å². The molecule has 0 aliphatic carbocycles. The van der Waals surface area contributed by atoms with Gasteiger partial charge in [0.05, 0.1) is 19.9 Å². The van der Waals surface area contributed by atoms with Crippen LogP contribution in [-0.2, 0) is 24.4 Å². The van der Waals surface area contributed by atoms with Gasteiger partial charge in [-0.05, 0) is 46.9 Å². The number of amides is 1. The molecule has 1 heterocycles. The first-order chi connectivity index (χ1) is 19.6. The van der Waals surface area contributed by atoms with Crippen LogP contribution in [0.15, 0.2) is 102 Å². The number of fused-ring (bicyclic) bond motifs is 1. The predicted molar refractivity (Wildman–Crippen MR) is 161 cm³/mol. The summed E-state index contributed by atoms with van der Waals surface area (Å²) >= 11 is 0. The van der Waals surface area contributed by atoms with E-state index in [9.17, 15) is 4.79 Å². The average Bonchev–Trinajstić information content (AvgIpc) is 3.31. The first-order valence-corrected chi connectivity index (χ1v) is 13.6. The lowest BCUT2D eigenvalue weighted by molar-refractivity contribution is -0.115. The monoisotopic (exact) mass is 533 g/mol. The Labute approximate surface area is 236 Å². The van der Waals surface area contributed by atoms with E-state index in [0.29, 0.717) is 17.9 Å². The second kappa shape index (κ2) is 12.6. The van der Waals surface area contributed by atoms with Crippen molar-refractivity contribution in [2.24, 2.45) is 4.99 Å². The summed E-state index contributed by atoms with van der Waals surface area (Å²) in [6, 6.07) is 33.2. The van der Waals surface area contributed by atoms with Crippen LogP contribution in [0.1, 0.15) is 41.5 Å². The maximum atomic E-state index is 13.0. The summed E-state index contributed by atoms with van der Waals surface area (Å²) in [6.07, 6.45) is 0.648. The number of hydrogen-bond acceptors (Lipinski definition) is 5. The number of ether oxygens (including phenoxy) is 2. The molecule has 0 saturated carbocycles. The zero-order chi connectivity index (χ0) is 27.9. The van der Waals surface area contributed by atoms with E-state index in [0.717, 1.165) is 42.3 Å². The molecule has 5 rings (SSSR count). The lowest BCUT2D eigenvalue weighted by Crippen LogP contribution is -2.22. The first kappa shape index (κ1) is 27.2. The van der Waals surface area contributed by atoms with Crippen molar-refractivity contribution < 1.29 is 14.3 Å². The molecule has 0 saturated heterocycles. The molecule has 1 atom stereocenters. The van der Waals surface area contributed by atoms with Crippen molar-refractivity contribution in [2.75, 3.05) is 19.5 Å². The molecule has 1 unspecified atom stereocenters. The molecule has 4 aromatic rings. The predicted octanol–water partition coefficient (Wildman–Crippen LogP) is 7.12. The number of methoxy groups -OCH3 is 2. The zero-order valence-corrected chi connectivity index (χ0v) is 23.3. The minimum Gasteiger partial charge on any atom is -0.493 e. The number of rotatable bonds is 11. The van der Waals surface area contributed by atoms with Gasteiger partial charge in [-0.1, -0.05) is 79.7 Å². The van der Waals surface area contributed by atoms with Gasteiger partial charge in [-0.15, -0.1) is 0 Å². The molecule has 40 heavy (non-hydrogen) atoms. The van der Waals surface area contributed by atoms with Gasteiger partial charge >= 0.3 is 0 Å². The molecule has 6 heteroatoms. The van der Waals surface area contributed by atoms with E-state index in [1.165, 1.54) is 16.7 Å². The molecule has 0 spiro atoms. The molecule has 0 aromatic heterocycles. The zero-order valence-electron chi connectivity index (χ0n) is 23.3. The Kier molecular flexibility index (Phi) is 8.57. The van der Waals surface area contributed by atoms with E-state index in [4.69, 9.17) is 14.5 Å². The summed E-state index contributed by atoms with van der Waals surface area (Å²) in [4.78, 5) is 20.4. The molecule has 6 nitrogen and oxygen atoms in total. The normalized spacial score (nSPS) is 14.7. The van der Waals surface area contributed by atoms with Crippen molar-refractivity contribution in [3.05, 3.63) is 119 Å².